The van der Waals surface area contributed by atoms with Gasteiger partial charge in [0.15, 0.2) is 0 Å². The van der Waals surface area contributed by atoms with E-state index in [1.807, 2.05) is 27.7 Å². The first kappa shape index (κ1) is 20.1. The molecule has 0 aromatic carbocycles. The smallest absolute Gasteiger partial charge is 0.234 e. The van der Waals surface area contributed by atoms with Gasteiger partial charge in [-0.2, -0.15) is 5.26 Å². The number of carbonyl (C=O) groups is 1. The molecule has 2 aromatic rings. The Hall–Kier alpha value is -1.65. The van der Waals surface area contributed by atoms with Gasteiger partial charge in [0.25, 0.3) is 0 Å². The highest BCUT2D eigenvalue weighted by Crippen LogP contribution is 2.40. The van der Waals surface area contributed by atoms with Crippen molar-refractivity contribution >= 4 is 39.2 Å². The second-order valence-electron chi connectivity index (χ2n) is 7.69. The number of hydrogen-bond donors (Lipinski definition) is 1. The number of nitrogens with one attached hydrogen (secondary N) is 1. The van der Waals surface area contributed by atoms with Crippen LogP contribution in [0.3, 0.4) is 0 Å². The average Bonchev–Trinajstić information content (AvgIpc) is 2.99. The Morgan fingerprint density at radius 3 is 2.67 bits per heavy atom. The van der Waals surface area contributed by atoms with E-state index < -0.39 is 5.54 Å². The van der Waals surface area contributed by atoms with Gasteiger partial charge in [0.05, 0.1) is 11.3 Å². The zero-order valence-corrected chi connectivity index (χ0v) is 18.2. The van der Waals surface area contributed by atoms with Crippen molar-refractivity contribution < 1.29 is 4.79 Å². The summed E-state index contributed by atoms with van der Waals surface area (Å²) >= 11 is 3.24. The minimum absolute atomic E-state index is 0.0283. The predicted molar refractivity (Wildman–Crippen MR) is 111 cm³/mol. The van der Waals surface area contributed by atoms with E-state index in [4.69, 9.17) is 0 Å². The topological polar surface area (TPSA) is 78.7 Å². The van der Waals surface area contributed by atoms with Gasteiger partial charge in [-0.15, -0.1) is 11.3 Å². The molecule has 0 aliphatic heterocycles. The van der Waals surface area contributed by atoms with Crippen LogP contribution in [0.25, 0.3) is 10.2 Å². The first-order valence-corrected chi connectivity index (χ1v) is 11.1. The van der Waals surface area contributed by atoms with Gasteiger partial charge in [-0.1, -0.05) is 25.6 Å². The summed E-state index contributed by atoms with van der Waals surface area (Å²) in [5, 5.41) is 14.1. The normalized spacial score (nSPS) is 17.2. The lowest BCUT2D eigenvalue weighted by Gasteiger charge is -2.28. The van der Waals surface area contributed by atoms with E-state index in [-0.39, 0.29) is 17.1 Å². The van der Waals surface area contributed by atoms with E-state index in [0.29, 0.717) is 0 Å². The number of nitriles is 1. The number of hydrogen-bond acceptors (Lipinski definition) is 6. The van der Waals surface area contributed by atoms with Gasteiger partial charge < -0.3 is 5.32 Å². The fraction of sp³-hybridized carbons (Fsp3) is 0.600. The van der Waals surface area contributed by atoms with Gasteiger partial charge in [0.1, 0.15) is 21.2 Å². The first-order chi connectivity index (χ1) is 12.7. The summed E-state index contributed by atoms with van der Waals surface area (Å²) in [4.78, 5) is 24.5. The van der Waals surface area contributed by atoms with Crippen molar-refractivity contribution in [3.8, 4) is 6.07 Å². The van der Waals surface area contributed by atoms with Crippen molar-refractivity contribution in [1.29, 1.82) is 5.26 Å². The molecular weight excluding hydrogens is 376 g/mol. The molecule has 0 saturated carbocycles. The molecule has 2 atom stereocenters. The number of amides is 1. The number of nitrogens with zero attached hydrogens (tertiary/aromatic N) is 3. The van der Waals surface area contributed by atoms with Crippen LogP contribution >= 0.6 is 23.1 Å². The van der Waals surface area contributed by atoms with Crippen LogP contribution < -0.4 is 5.32 Å². The number of carbonyl (C=O) groups excluding carboxylic acids is 1. The van der Waals surface area contributed by atoms with E-state index in [1.54, 1.807) is 18.3 Å². The third-order valence-corrected chi connectivity index (χ3v) is 7.59. The lowest BCUT2D eigenvalue weighted by atomic mass is 9.90. The molecule has 0 spiro atoms. The molecule has 0 unspecified atom stereocenters. The van der Waals surface area contributed by atoms with Crippen molar-refractivity contribution in [2.75, 3.05) is 0 Å². The van der Waals surface area contributed by atoms with Crippen LogP contribution in [0.2, 0.25) is 0 Å². The molecule has 0 radical (unpaired) electrons. The van der Waals surface area contributed by atoms with E-state index in [9.17, 15) is 10.1 Å². The van der Waals surface area contributed by atoms with Gasteiger partial charge in [0, 0.05) is 10.3 Å². The third kappa shape index (κ3) is 3.97. The minimum Gasteiger partial charge on any atom is -0.337 e. The molecule has 0 fully saturated rings. The summed E-state index contributed by atoms with van der Waals surface area (Å²) in [7, 11) is 0. The summed E-state index contributed by atoms with van der Waals surface area (Å²) in [5.74, 6) is 0.632. The summed E-state index contributed by atoms with van der Waals surface area (Å²) in [5.41, 5.74) is 0.505. The van der Waals surface area contributed by atoms with Gasteiger partial charge >= 0.3 is 0 Å². The molecule has 2 heterocycles. The summed E-state index contributed by atoms with van der Waals surface area (Å²) in [6.45, 7) is 9.43. The van der Waals surface area contributed by atoms with Gasteiger partial charge in [-0.3, -0.25) is 4.79 Å². The molecule has 5 nitrogen and oxygen atoms in total. The van der Waals surface area contributed by atoms with Crippen LogP contribution in [0.15, 0.2) is 5.03 Å². The number of thioether (sulfide) groups is 1. The third-order valence-electron chi connectivity index (χ3n) is 5.32. The monoisotopic (exact) mass is 402 g/mol. The van der Waals surface area contributed by atoms with Crippen LogP contribution in [0.4, 0.5) is 0 Å². The highest BCUT2D eigenvalue weighted by molar-refractivity contribution is 8.00. The number of fused-ring (bicyclic) bond motifs is 3. The van der Waals surface area contributed by atoms with Crippen LogP contribution in [-0.2, 0) is 17.6 Å². The van der Waals surface area contributed by atoms with Crippen LogP contribution in [0.1, 0.15) is 56.8 Å². The molecule has 144 valence electrons. The molecule has 0 saturated heterocycles. The SMILES string of the molecule is Cc1nc(S[C@H](C)C(=O)N[C@@](C)(C#N)C(C)C)c2c3c(sc2n1)CCCC3. The Morgan fingerprint density at radius 2 is 2.00 bits per heavy atom. The molecular formula is C20H26N4OS2. The molecule has 1 amide bonds. The van der Waals surface area contributed by atoms with Gasteiger partial charge in [0.2, 0.25) is 5.91 Å². The van der Waals surface area contributed by atoms with E-state index in [0.717, 1.165) is 33.9 Å². The Balaban J connectivity index is 1.89. The molecule has 1 aliphatic rings. The van der Waals surface area contributed by atoms with E-state index in [1.165, 1.54) is 35.0 Å². The molecule has 2 aromatic heterocycles. The van der Waals surface area contributed by atoms with Crippen molar-refractivity contribution in [1.82, 2.24) is 15.3 Å². The maximum atomic E-state index is 12.8. The number of aromatic nitrogens is 2. The number of thiophene rings is 1. The quantitative estimate of drug-likeness (QED) is 0.592. The molecule has 27 heavy (non-hydrogen) atoms. The largest absolute Gasteiger partial charge is 0.337 e. The second-order valence-corrected chi connectivity index (χ2v) is 10.1. The first-order valence-electron chi connectivity index (χ1n) is 9.44. The predicted octanol–water partition coefficient (Wildman–Crippen LogP) is 4.41. The standard InChI is InChI=1S/C20H26N4OS2/c1-11(2)20(5,10-21)24-17(25)12(3)26-18-16-14-8-6-7-9-15(14)27-19(16)23-13(4)22-18/h11-12H,6-9H2,1-5H3,(H,24,25)/t12-,20+/m1/s1. The Bertz CT molecular complexity index is 915. The van der Waals surface area contributed by atoms with Crippen molar-refractivity contribution in [3.63, 3.8) is 0 Å². The number of aryl methyl sites for hydroxylation is 3. The highest BCUT2D eigenvalue weighted by Gasteiger charge is 2.32. The maximum absolute atomic E-state index is 12.8. The fourth-order valence-corrected chi connectivity index (χ4v) is 5.59. The van der Waals surface area contributed by atoms with Crippen LogP contribution in [0.5, 0.6) is 0 Å². The van der Waals surface area contributed by atoms with Crippen LogP contribution in [0, 0.1) is 24.2 Å². The highest BCUT2D eigenvalue weighted by atomic mass is 32.2. The molecule has 1 aliphatic carbocycles. The molecule has 7 heteroatoms. The summed E-state index contributed by atoms with van der Waals surface area (Å²) < 4.78 is 0. The fourth-order valence-electron chi connectivity index (χ4n) is 3.19. The van der Waals surface area contributed by atoms with Crippen molar-refractivity contribution in [3.05, 3.63) is 16.3 Å². The van der Waals surface area contributed by atoms with Gasteiger partial charge in [-0.25, -0.2) is 9.97 Å². The molecule has 1 N–H and O–H groups in total. The lowest BCUT2D eigenvalue weighted by molar-refractivity contribution is -0.121. The van der Waals surface area contributed by atoms with Crippen molar-refractivity contribution in [2.24, 2.45) is 5.92 Å². The molecule has 3 rings (SSSR count). The Labute approximate surface area is 169 Å². The summed E-state index contributed by atoms with van der Waals surface area (Å²) in [6, 6.07) is 2.24. The van der Waals surface area contributed by atoms with Gasteiger partial charge in [-0.05, 0) is 57.9 Å². The van der Waals surface area contributed by atoms with E-state index in [2.05, 4.69) is 21.4 Å². The zero-order valence-electron chi connectivity index (χ0n) is 16.5. The zero-order chi connectivity index (χ0) is 19.8. The summed E-state index contributed by atoms with van der Waals surface area (Å²) in [6.07, 6.45) is 4.61. The molecule has 0 bridgehead atoms. The minimum atomic E-state index is -0.871. The lowest BCUT2D eigenvalue weighted by Crippen LogP contribution is -2.51. The Morgan fingerprint density at radius 1 is 1.30 bits per heavy atom. The van der Waals surface area contributed by atoms with Crippen molar-refractivity contribution in [2.45, 2.75) is 76.1 Å². The maximum Gasteiger partial charge on any atom is 0.234 e. The Kier molecular flexibility index (Phi) is 5.78. The van der Waals surface area contributed by atoms with E-state index >= 15 is 0 Å². The second kappa shape index (κ2) is 7.76. The number of rotatable bonds is 5. The average molecular weight is 403 g/mol. The van der Waals surface area contributed by atoms with Crippen LogP contribution in [-0.4, -0.2) is 26.7 Å².